The maximum absolute atomic E-state index is 13.0. The summed E-state index contributed by atoms with van der Waals surface area (Å²) in [5.74, 6) is -0.0553. The average molecular weight is 447 g/mol. The molecule has 2 aromatic carbocycles. The van der Waals surface area contributed by atoms with Crippen molar-refractivity contribution in [3.05, 3.63) is 70.3 Å². The van der Waals surface area contributed by atoms with E-state index in [-0.39, 0.29) is 12.3 Å². The molecule has 0 spiro atoms. The highest BCUT2D eigenvalue weighted by Crippen LogP contribution is 2.42. The van der Waals surface area contributed by atoms with Crippen molar-refractivity contribution in [2.24, 2.45) is 10.3 Å². The zero-order chi connectivity index (χ0) is 23.3. The predicted molar refractivity (Wildman–Crippen MR) is 114 cm³/mol. The Balaban J connectivity index is 1.89. The topological polar surface area (TPSA) is 72.3 Å². The lowest BCUT2D eigenvalue weighted by molar-refractivity contribution is -0.137. The van der Waals surface area contributed by atoms with Gasteiger partial charge in [0.05, 0.1) is 11.3 Å². The van der Waals surface area contributed by atoms with E-state index in [1.807, 2.05) is 12.1 Å². The van der Waals surface area contributed by atoms with Gasteiger partial charge in [0, 0.05) is 18.2 Å². The Labute approximate surface area is 184 Å². The first kappa shape index (κ1) is 23.3. The Morgan fingerprint density at radius 1 is 1.16 bits per heavy atom. The van der Waals surface area contributed by atoms with Crippen LogP contribution in [0, 0.1) is 0 Å². The molecular weight excluding hydrogens is 423 g/mol. The average Bonchev–Trinajstić information content (AvgIpc) is 3.62. The first-order valence-corrected chi connectivity index (χ1v) is 10.1. The molecule has 0 unspecified atom stereocenters. The van der Waals surface area contributed by atoms with Gasteiger partial charge in [-0.3, -0.25) is 4.79 Å². The molecule has 0 radical (unpaired) electrons. The van der Waals surface area contributed by atoms with E-state index < -0.39 is 17.6 Å². The van der Waals surface area contributed by atoms with Crippen LogP contribution in [0.25, 0.3) is 0 Å². The van der Waals surface area contributed by atoms with Crippen molar-refractivity contribution in [2.45, 2.75) is 38.5 Å². The Morgan fingerprint density at radius 3 is 2.50 bits per heavy atom. The fourth-order valence-electron chi connectivity index (χ4n) is 3.35. The van der Waals surface area contributed by atoms with Crippen LogP contribution in [0.3, 0.4) is 0 Å². The number of benzene rings is 2. The molecule has 1 aliphatic carbocycles. The summed E-state index contributed by atoms with van der Waals surface area (Å²) in [5.41, 5.74) is 2.30. The van der Waals surface area contributed by atoms with Gasteiger partial charge in [-0.1, -0.05) is 40.6 Å². The van der Waals surface area contributed by atoms with Gasteiger partial charge in [-0.15, -0.1) is 0 Å². The van der Waals surface area contributed by atoms with E-state index in [1.165, 1.54) is 26.3 Å². The quantitative estimate of drug-likeness (QED) is 0.474. The Kier molecular flexibility index (Phi) is 7.17. The second-order valence-corrected chi connectivity index (χ2v) is 7.38. The van der Waals surface area contributed by atoms with Gasteiger partial charge < -0.3 is 15.0 Å². The molecule has 1 fully saturated rings. The number of hydrogen-bond donors (Lipinski definition) is 1. The fraction of sp³-hybridized carbons (Fsp3) is 0.348. The number of nitrogens with zero attached hydrogens (tertiary/aromatic N) is 2. The van der Waals surface area contributed by atoms with Crippen LogP contribution in [-0.4, -0.2) is 31.5 Å². The van der Waals surface area contributed by atoms with Gasteiger partial charge in [-0.25, -0.2) is 0 Å². The monoisotopic (exact) mass is 447 g/mol. The van der Waals surface area contributed by atoms with Crippen LogP contribution in [0.4, 0.5) is 13.2 Å². The van der Waals surface area contributed by atoms with Crippen LogP contribution in [0.1, 0.15) is 53.5 Å². The lowest BCUT2D eigenvalue weighted by Gasteiger charge is -2.15. The minimum atomic E-state index is -4.44. The molecule has 170 valence electrons. The Bertz CT molecular complexity index is 1040. The number of carbonyl (C=O) groups is 1. The van der Waals surface area contributed by atoms with Crippen LogP contribution in [-0.2, 0) is 27.3 Å². The summed E-state index contributed by atoms with van der Waals surface area (Å²) >= 11 is 0. The van der Waals surface area contributed by atoms with E-state index >= 15 is 0 Å². The number of alkyl halides is 3. The van der Waals surface area contributed by atoms with Crippen molar-refractivity contribution in [2.75, 3.05) is 14.2 Å². The molecule has 1 saturated carbocycles. The smallest absolute Gasteiger partial charge is 0.398 e. The predicted octanol–water partition coefficient (Wildman–Crippen LogP) is 4.62. The first-order valence-electron chi connectivity index (χ1n) is 10.1. The number of likely N-dealkylation sites (N-methyl/N-ethyl adjacent to an activating group) is 1. The lowest BCUT2D eigenvalue weighted by atomic mass is 9.95. The van der Waals surface area contributed by atoms with Gasteiger partial charge in [0.1, 0.15) is 13.7 Å². The second-order valence-electron chi connectivity index (χ2n) is 7.38. The van der Waals surface area contributed by atoms with E-state index in [1.54, 1.807) is 13.0 Å². The van der Waals surface area contributed by atoms with Crippen LogP contribution >= 0.6 is 0 Å². The molecule has 3 rings (SSSR count). The van der Waals surface area contributed by atoms with Crippen molar-refractivity contribution < 1.29 is 27.6 Å². The summed E-state index contributed by atoms with van der Waals surface area (Å²) in [6.45, 7) is 1.60. The Morgan fingerprint density at radius 2 is 1.88 bits per heavy atom. The highest BCUT2D eigenvalue weighted by atomic mass is 19.4. The third-order valence-corrected chi connectivity index (χ3v) is 5.13. The summed E-state index contributed by atoms with van der Waals surface area (Å²) < 4.78 is 38.9. The number of halogens is 3. The van der Waals surface area contributed by atoms with Crippen molar-refractivity contribution >= 4 is 17.3 Å². The minimum Gasteiger partial charge on any atom is -0.398 e. The van der Waals surface area contributed by atoms with Crippen molar-refractivity contribution in [1.82, 2.24) is 5.32 Å². The number of oxime groups is 2. The molecule has 0 aliphatic heterocycles. The van der Waals surface area contributed by atoms with Gasteiger partial charge in [0.15, 0.2) is 5.71 Å². The molecule has 9 heteroatoms. The summed E-state index contributed by atoms with van der Waals surface area (Å²) in [6.07, 6.45) is -2.38. The van der Waals surface area contributed by atoms with Crippen molar-refractivity contribution in [3.63, 3.8) is 0 Å². The van der Waals surface area contributed by atoms with Crippen LogP contribution in [0.2, 0.25) is 0 Å². The molecule has 6 nitrogen and oxygen atoms in total. The van der Waals surface area contributed by atoms with E-state index in [9.17, 15) is 18.0 Å². The van der Waals surface area contributed by atoms with Crippen molar-refractivity contribution in [3.8, 4) is 0 Å². The molecule has 1 amide bonds. The maximum atomic E-state index is 13.0. The van der Waals surface area contributed by atoms with Gasteiger partial charge >= 0.3 is 6.18 Å². The Hall–Kier alpha value is -3.36. The second kappa shape index (κ2) is 9.84. The first-order chi connectivity index (χ1) is 15.3. The normalized spacial score (nSPS) is 14.8. The standard InChI is InChI=1S/C23H24F3N3O3/c1-14(16-6-4-7-17(12-16)23(24,25)26)28-32-13-20-18(15-10-11-15)8-5-9-19(20)21(29-31-3)22(30)27-2/h4-9,12,15H,10-11,13H2,1-3H3,(H,27,30)/b28-14+,29-21+. The largest absolute Gasteiger partial charge is 0.416 e. The van der Waals surface area contributed by atoms with Gasteiger partial charge in [-0.05, 0) is 48.9 Å². The molecule has 2 aromatic rings. The molecule has 0 saturated heterocycles. The van der Waals surface area contributed by atoms with E-state index in [2.05, 4.69) is 15.6 Å². The number of rotatable bonds is 8. The zero-order valence-corrected chi connectivity index (χ0v) is 18.0. The summed E-state index contributed by atoms with van der Waals surface area (Å²) in [7, 11) is 2.85. The van der Waals surface area contributed by atoms with E-state index in [0.29, 0.717) is 22.8 Å². The molecule has 0 bridgehead atoms. The van der Waals surface area contributed by atoms with Gasteiger partial charge in [0.25, 0.3) is 5.91 Å². The van der Waals surface area contributed by atoms with Gasteiger partial charge in [-0.2, -0.15) is 13.2 Å². The molecular formula is C23H24F3N3O3. The van der Waals surface area contributed by atoms with E-state index in [4.69, 9.17) is 9.68 Å². The SMILES string of the molecule is CNC(=O)/C(=N/OC)c1cccc(C2CC2)c1CO/N=C(\C)c1cccc(C(F)(F)F)c1. The molecule has 1 aliphatic rings. The molecule has 0 atom stereocenters. The van der Waals surface area contributed by atoms with E-state index in [0.717, 1.165) is 36.1 Å². The lowest BCUT2D eigenvalue weighted by Crippen LogP contribution is -2.29. The summed E-state index contributed by atoms with van der Waals surface area (Å²) in [4.78, 5) is 22.7. The third kappa shape index (κ3) is 5.46. The highest BCUT2D eigenvalue weighted by molar-refractivity contribution is 6.45. The highest BCUT2D eigenvalue weighted by Gasteiger charge is 2.31. The molecule has 1 N–H and O–H groups in total. The van der Waals surface area contributed by atoms with Crippen LogP contribution in [0.15, 0.2) is 52.8 Å². The molecule has 0 aromatic heterocycles. The summed E-state index contributed by atoms with van der Waals surface area (Å²) in [6, 6.07) is 10.5. The fourth-order valence-corrected chi connectivity index (χ4v) is 3.35. The number of carbonyl (C=O) groups excluding carboxylic acids is 1. The number of hydrogen-bond acceptors (Lipinski definition) is 5. The number of nitrogens with one attached hydrogen (secondary N) is 1. The third-order valence-electron chi connectivity index (χ3n) is 5.13. The number of amides is 1. The minimum absolute atomic E-state index is 0.0258. The zero-order valence-electron chi connectivity index (χ0n) is 18.0. The molecule has 32 heavy (non-hydrogen) atoms. The van der Waals surface area contributed by atoms with Gasteiger partial charge in [0.2, 0.25) is 0 Å². The molecule has 0 heterocycles. The van der Waals surface area contributed by atoms with Crippen LogP contribution in [0.5, 0.6) is 0 Å². The summed E-state index contributed by atoms with van der Waals surface area (Å²) in [5, 5.41) is 10.4. The maximum Gasteiger partial charge on any atom is 0.416 e. The van der Waals surface area contributed by atoms with Crippen molar-refractivity contribution in [1.29, 1.82) is 0 Å². The van der Waals surface area contributed by atoms with Crippen LogP contribution < -0.4 is 5.32 Å².